The molecule has 0 heterocycles. The van der Waals surface area contributed by atoms with E-state index in [1.165, 1.54) is 44.9 Å². The van der Waals surface area contributed by atoms with Crippen LogP contribution in [0.5, 0.6) is 5.75 Å². The Bertz CT molecular complexity index is 248. The highest BCUT2D eigenvalue weighted by Gasteiger charge is 1.93. The number of benzene rings is 1. The maximum atomic E-state index is 5.63. The number of hydrogen-bond acceptors (Lipinski definition) is 1. The van der Waals surface area contributed by atoms with Gasteiger partial charge in [-0.2, -0.15) is 0 Å². The van der Waals surface area contributed by atoms with E-state index in [1.54, 1.807) is 0 Å². The first-order chi connectivity index (χ1) is 7.93. The summed E-state index contributed by atoms with van der Waals surface area (Å²) in [6.45, 7) is 3.12. The summed E-state index contributed by atoms with van der Waals surface area (Å²) in [5.41, 5.74) is 0. The first-order valence-corrected chi connectivity index (χ1v) is 6.61. The maximum absolute atomic E-state index is 5.63. The molecule has 0 bridgehead atoms. The monoisotopic (exact) mass is 256 g/mol. The maximum Gasteiger partial charge on any atom is 0.119 e. The highest BCUT2D eigenvalue weighted by Crippen LogP contribution is 2.10. The first-order valence-electron chi connectivity index (χ1n) is 6.61. The molecule has 0 N–H and O–H groups in total. The smallest absolute Gasteiger partial charge is 0.119 e. The minimum atomic E-state index is 0. The molecular weight excluding hydrogens is 232 g/mol. The zero-order valence-electron chi connectivity index (χ0n) is 10.9. The van der Waals surface area contributed by atoms with Gasteiger partial charge in [-0.25, -0.2) is 0 Å². The molecule has 1 nitrogen and oxygen atoms in total. The van der Waals surface area contributed by atoms with Gasteiger partial charge in [-0.1, -0.05) is 63.6 Å². The number of ether oxygens (including phenoxy) is 1. The van der Waals surface area contributed by atoms with Gasteiger partial charge < -0.3 is 4.74 Å². The van der Waals surface area contributed by atoms with Crippen LogP contribution in [0.2, 0.25) is 0 Å². The van der Waals surface area contributed by atoms with Gasteiger partial charge in [0.15, 0.2) is 0 Å². The van der Waals surface area contributed by atoms with E-state index in [2.05, 4.69) is 6.92 Å². The lowest BCUT2D eigenvalue weighted by atomic mass is 10.1. The van der Waals surface area contributed by atoms with E-state index >= 15 is 0 Å². The number of rotatable bonds is 9. The average molecular weight is 257 g/mol. The molecule has 2 heteroatoms. The molecule has 0 aliphatic rings. The highest BCUT2D eigenvalue weighted by molar-refractivity contribution is 5.85. The molecule has 0 saturated carbocycles. The third kappa shape index (κ3) is 9.05. The molecule has 0 atom stereocenters. The molecule has 1 rings (SSSR count). The van der Waals surface area contributed by atoms with Crippen molar-refractivity contribution in [1.82, 2.24) is 0 Å². The van der Waals surface area contributed by atoms with Gasteiger partial charge in [-0.3, -0.25) is 0 Å². The van der Waals surface area contributed by atoms with Crippen molar-refractivity contribution in [3.63, 3.8) is 0 Å². The topological polar surface area (TPSA) is 9.23 Å². The minimum absolute atomic E-state index is 0. The summed E-state index contributed by atoms with van der Waals surface area (Å²) in [7, 11) is 0. The van der Waals surface area contributed by atoms with Crippen LogP contribution < -0.4 is 4.74 Å². The lowest BCUT2D eigenvalue weighted by Gasteiger charge is -2.05. The summed E-state index contributed by atoms with van der Waals surface area (Å²) in [6.07, 6.45) is 9.35. The fourth-order valence-corrected chi connectivity index (χ4v) is 1.77. The van der Waals surface area contributed by atoms with E-state index in [0.29, 0.717) is 0 Å². The van der Waals surface area contributed by atoms with Crippen molar-refractivity contribution in [2.75, 3.05) is 6.61 Å². The van der Waals surface area contributed by atoms with Gasteiger partial charge in [0.1, 0.15) is 5.75 Å². The fourth-order valence-electron chi connectivity index (χ4n) is 1.77. The second-order valence-electron chi connectivity index (χ2n) is 4.28. The van der Waals surface area contributed by atoms with Gasteiger partial charge in [0, 0.05) is 0 Å². The highest BCUT2D eigenvalue weighted by atomic mass is 35.5. The van der Waals surface area contributed by atoms with Gasteiger partial charge in [0.2, 0.25) is 0 Å². The molecule has 17 heavy (non-hydrogen) atoms. The molecule has 1 aromatic rings. The molecule has 0 saturated heterocycles. The van der Waals surface area contributed by atoms with Gasteiger partial charge >= 0.3 is 0 Å². The normalized spacial score (nSPS) is 9.71. The van der Waals surface area contributed by atoms with Crippen molar-refractivity contribution in [1.29, 1.82) is 0 Å². The average Bonchev–Trinajstić information content (AvgIpc) is 2.34. The van der Waals surface area contributed by atoms with E-state index in [4.69, 9.17) is 4.74 Å². The largest absolute Gasteiger partial charge is 0.494 e. The summed E-state index contributed by atoms with van der Waals surface area (Å²) in [4.78, 5) is 0. The van der Waals surface area contributed by atoms with Crippen LogP contribution >= 0.6 is 12.4 Å². The standard InChI is InChI=1S/C15H24O.ClH/c1-2-3-4-5-6-7-11-14-16-15-12-9-8-10-13-15;/h8-10,12-13H,2-7,11,14H2,1H3;1H. The molecule has 1 aromatic carbocycles. The summed E-state index contributed by atoms with van der Waals surface area (Å²) in [5, 5.41) is 0. The Morgan fingerprint density at radius 3 is 2.06 bits per heavy atom. The number of unbranched alkanes of at least 4 members (excludes halogenated alkanes) is 6. The Morgan fingerprint density at radius 2 is 1.41 bits per heavy atom. The van der Waals surface area contributed by atoms with E-state index in [9.17, 15) is 0 Å². The predicted molar refractivity (Wildman–Crippen MR) is 77.2 cm³/mol. The first kappa shape index (κ1) is 16.3. The predicted octanol–water partition coefficient (Wildman–Crippen LogP) is 5.24. The van der Waals surface area contributed by atoms with Crippen molar-refractivity contribution in [3.8, 4) is 5.75 Å². The summed E-state index contributed by atoms with van der Waals surface area (Å²) < 4.78 is 5.63. The fraction of sp³-hybridized carbons (Fsp3) is 0.600. The van der Waals surface area contributed by atoms with Crippen LogP contribution in [0.4, 0.5) is 0 Å². The van der Waals surface area contributed by atoms with Gasteiger partial charge in [0.05, 0.1) is 6.61 Å². The van der Waals surface area contributed by atoms with Crippen LogP contribution in [0, 0.1) is 0 Å². The van der Waals surface area contributed by atoms with Gasteiger partial charge in [-0.05, 0) is 18.6 Å². The molecular formula is C15H25ClO. The molecule has 0 aliphatic carbocycles. The zero-order chi connectivity index (χ0) is 11.5. The SMILES string of the molecule is CCCCCCCCCOc1ccccc1.Cl. The minimum Gasteiger partial charge on any atom is -0.494 e. The lowest BCUT2D eigenvalue weighted by molar-refractivity contribution is 0.304. The molecule has 0 amide bonds. The molecule has 0 spiro atoms. The second kappa shape index (κ2) is 11.8. The van der Waals surface area contributed by atoms with Crippen molar-refractivity contribution in [3.05, 3.63) is 30.3 Å². The number of hydrogen-bond donors (Lipinski definition) is 0. The van der Waals surface area contributed by atoms with Crippen LogP contribution in [0.25, 0.3) is 0 Å². The van der Waals surface area contributed by atoms with Gasteiger partial charge in [-0.15, -0.1) is 12.4 Å². The summed E-state index contributed by atoms with van der Waals surface area (Å²) in [5.74, 6) is 0.994. The third-order valence-electron chi connectivity index (χ3n) is 2.76. The Balaban J connectivity index is 0.00000256. The number of halogens is 1. The second-order valence-corrected chi connectivity index (χ2v) is 4.28. The molecule has 0 fully saturated rings. The third-order valence-corrected chi connectivity index (χ3v) is 2.76. The molecule has 0 aromatic heterocycles. The Kier molecular flexibility index (Phi) is 11.3. The van der Waals surface area contributed by atoms with Gasteiger partial charge in [0.25, 0.3) is 0 Å². The van der Waals surface area contributed by atoms with Crippen LogP contribution in [0.15, 0.2) is 30.3 Å². The van der Waals surface area contributed by atoms with Crippen LogP contribution in [-0.2, 0) is 0 Å². The van der Waals surface area contributed by atoms with Crippen molar-refractivity contribution in [2.24, 2.45) is 0 Å². The van der Waals surface area contributed by atoms with Crippen LogP contribution in [0.3, 0.4) is 0 Å². The number of para-hydroxylation sites is 1. The van der Waals surface area contributed by atoms with Crippen molar-refractivity contribution >= 4 is 12.4 Å². The van der Waals surface area contributed by atoms with E-state index in [-0.39, 0.29) is 12.4 Å². The van der Waals surface area contributed by atoms with E-state index < -0.39 is 0 Å². The summed E-state index contributed by atoms with van der Waals surface area (Å²) >= 11 is 0. The van der Waals surface area contributed by atoms with Crippen LogP contribution in [-0.4, -0.2) is 6.61 Å². The van der Waals surface area contributed by atoms with E-state index in [0.717, 1.165) is 12.4 Å². The Labute approximate surface area is 112 Å². The molecule has 98 valence electrons. The quantitative estimate of drug-likeness (QED) is 0.549. The lowest BCUT2D eigenvalue weighted by Crippen LogP contribution is -1.96. The Morgan fingerprint density at radius 1 is 0.824 bits per heavy atom. The molecule has 0 radical (unpaired) electrons. The molecule has 0 unspecified atom stereocenters. The zero-order valence-corrected chi connectivity index (χ0v) is 11.7. The van der Waals surface area contributed by atoms with Crippen LogP contribution in [0.1, 0.15) is 51.9 Å². The Hall–Kier alpha value is -0.690. The summed E-state index contributed by atoms with van der Waals surface area (Å²) in [6, 6.07) is 10.1. The van der Waals surface area contributed by atoms with E-state index in [1.807, 2.05) is 30.3 Å². The van der Waals surface area contributed by atoms with Crippen molar-refractivity contribution in [2.45, 2.75) is 51.9 Å². The van der Waals surface area contributed by atoms with Crippen molar-refractivity contribution < 1.29 is 4.74 Å². The molecule has 0 aliphatic heterocycles.